The average Bonchev–Trinajstić information content (AvgIpc) is 2.68. The molecule has 2 heterocycles. The molecule has 0 radical (unpaired) electrons. The van der Waals surface area contributed by atoms with Gasteiger partial charge in [-0.3, -0.25) is 9.78 Å². The lowest BCUT2D eigenvalue weighted by Gasteiger charge is -2.38. The van der Waals surface area contributed by atoms with Crippen LogP contribution in [0.5, 0.6) is 0 Å². The first-order valence-corrected chi connectivity index (χ1v) is 8.18. The third-order valence-corrected chi connectivity index (χ3v) is 4.59. The van der Waals surface area contributed by atoms with Crippen LogP contribution in [0.4, 0.5) is 0 Å². The Morgan fingerprint density at radius 2 is 1.62 bits per heavy atom. The fourth-order valence-electron chi connectivity index (χ4n) is 3.44. The van der Waals surface area contributed by atoms with Gasteiger partial charge in [0.05, 0.1) is 6.04 Å². The summed E-state index contributed by atoms with van der Waals surface area (Å²) in [6.07, 6.45) is 4.22. The Bertz CT molecular complexity index is 846. The van der Waals surface area contributed by atoms with Gasteiger partial charge in [0.25, 0.3) is 5.91 Å². The Balaban J connectivity index is 1.80. The van der Waals surface area contributed by atoms with Crippen LogP contribution >= 0.6 is 0 Å². The number of carbonyl (C=O) groups is 1. The number of rotatable bonds is 2. The highest BCUT2D eigenvalue weighted by molar-refractivity contribution is 5.94. The highest BCUT2D eigenvalue weighted by Crippen LogP contribution is 2.35. The zero-order valence-corrected chi connectivity index (χ0v) is 13.3. The van der Waals surface area contributed by atoms with Gasteiger partial charge in [0, 0.05) is 24.5 Å². The first-order valence-electron chi connectivity index (χ1n) is 8.18. The standard InChI is InChI=1S/C21H18N2O/c24-21(18-10-13-22-14-11-18)23-15-12-16-6-4-5-9-19(16)20(23)17-7-2-1-3-8-17/h1-11,13-14,20H,12,15H2. The summed E-state index contributed by atoms with van der Waals surface area (Å²) in [5, 5.41) is 0. The molecular weight excluding hydrogens is 296 g/mol. The minimum absolute atomic E-state index is 0.0446. The average molecular weight is 314 g/mol. The summed E-state index contributed by atoms with van der Waals surface area (Å²) in [4.78, 5) is 19.1. The molecule has 0 saturated carbocycles. The molecule has 3 aromatic rings. The van der Waals surface area contributed by atoms with Crippen molar-refractivity contribution in [3.63, 3.8) is 0 Å². The summed E-state index contributed by atoms with van der Waals surface area (Å²) in [6.45, 7) is 0.720. The van der Waals surface area contributed by atoms with E-state index in [9.17, 15) is 4.79 Å². The zero-order valence-electron chi connectivity index (χ0n) is 13.3. The van der Waals surface area contributed by atoms with Crippen molar-refractivity contribution in [2.75, 3.05) is 6.54 Å². The molecule has 1 atom stereocenters. The van der Waals surface area contributed by atoms with E-state index in [1.54, 1.807) is 24.5 Å². The Kier molecular flexibility index (Phi) is 3.83. The van der Waals surface area contributed by atoms with Crippen LogP contribution in [-0.2, 0) is 6.42 Å². The smallest absolute Gasteiger partial charge is 0.254 e. The number of hydrogen-bond acceptors (Lipinski definition) is 2. The Hall–Kier alpha value is -2.94. The fourth-order valence-corrected chi connectivity index (χ4v) is 3.44. The minimum Gasteiger partial charge on any atom is -0.327 e. The van der Waals surface area contributed by atoms with Crippen molar-refractivity contribution in [1.82, 2.24) is 9.88 Å². The van der Waals surface area contributed by atoms with E-state index in [0.717, 1.165) is 18.5 Å². The molecule has 0 bridgehead atoms. The molecule has 1 aromatic heterocycles. The summed E-state index contributed by atoms with van der Waals surface area (Å²) < 4.78 is 0. The van der Waals surface area contributed by atoms with Gasteiger partial charge in [-0.15, -0.1) is 0 Å². The molecule has 1 amide bonds. The van der Waals surface area contributed by atoms with Gasteiger partial charge in [0.2, 0.25) is 0 Å². The van der Waals surface area contributed by atoms with Gasteiger partial charge in [-0.05, 0) is 35.2 Å². The highest BCUT2D eigenvalue weighted by atomic mass is 16.2. The summed E-state index contributed by atoms with van der Waals surface area (Å²) in [5.74, 6) is 0.0563. The van der Waals surface area contributed by atoms with Gasteiger partial charge >= 0.3 is 0 Å². The molecule has 0 saturated heterocycles. The molecule has 0 spiro atoms. The number of fused-ring (bicyclic) bond motifs is 1. The van der Waals surface area contributed by atoms with Crippen LogP contribution in [0.15, 0.2) is 79.1 Å². The molecule has 3 nitrogen and oxygen atoms in total. The molecule has 1 unspecified atom stereocenters. The van der Waals surface area contributed by atoms with Gasteiger partial charge in [-0.25, -0.2) is 0 Å². The van der Waals surface area contributed by atoms with Crippen molar-refractivity contribution in [3.05, 3.63) is 101 Å². The molecule has 0 N–H and O–H groups in total. The molecule has 4 rings (SSSR count). The molecule has 2 aromatic carbocycles. The minimum atomic E-state index is -0.0446. The maximum Gasteiger partial charge on any atom is 0.254 e. The predicted molar refractivity (Wildman–Crippen MR) is 93.7 cm³/mol. The van der Waals surface area contributed by atoms with Crippen LogP contribution in [0.3, 0.4) is 0 Å². The van der Waals surface area contributed by atoms with Crippen molar-refractivity contribution in [2.24, 2.45) is 0 Å². The SMILES string of the molecule is O=C(c1ccncc1)N1CCc2ccccc2C1c1ccccc1. The van der Waals surface area contributed by atoms with Gasteiger partial charge < -0.3 is 4.90 Å². The van der Waals surface area contributed by atoms with Crippen LogP contribution < -0.4 is 0 Å². The van der Waals surface area contributed by atoms with E-state index in [1.807, 2.05) is 23.1 Å². The van der Waals surface area contributed by atoms with E-state index in [2.05, 4.69) is 41.4 Å². The summed E-state index contributed by atoms with van der Waals surface area (Å²) in [6, 6.07) is 22.2. The number of aromatic nitrogens is 1. The first-order chi connectivity index (χ1) is 11.8. The van der Waals surface area contributed by atoms with Crippen molar-refractivity contribution >= 4 is 5.91 Å². The van der Waals surface area contributed by atoms with Crippen molar-refractivity contribution < 1.29 is 4.79 Å². The van der Waals surface area contributed by atoms with E-state index in [4.69, 9.17) is 0 Å². The van der Waals surface area contributed by atoms with Gasteiger partial charge in [0.15, 0.2) is 0 Å². The molecule has 1 aliphatic heterocycles. The number of hydrogen-bond donors (Lipinski definition) is 0. The monoisotopic (exact) mass is 314 g/mol. The summed E-state index contributed by atoms with van der Waals surface area (Å²) in [5.41, 5.74) is 4.37. The normalized spacial score (nSPS) is 16.5. The molecule has 0 fully saturated rings. The largest absolute Gasteiger partial charge is 0.327 e. The van der Waals surface area contributed by atoms with E-state index in [1.165, 1.54) is 11.1 Å². The van der Waals surface area contributed by atoms with Crippen LogP contribution in [0.25, 0.3) is 0 Å². The topological polar surface area (TPSA) is 33.2 Å². The van der Waals surface area contributed by atoms with E-state index in [0.29, 0.717) is 5.56 Å². The fraction of sp³-hybridized carbons (Fsp3) is 0.143. The molecule has 1 aliphatic rings. The second-order valence-corrected chi connectivity index (χ2v) is 6.00. The Morgan fingerprint density at radius 3 is 2.42 bits per heavy atom. The third-order valence-electron chi connectivity index (χ3n) is 4.59. The van der Waals surface area contributed by atoms with Gasteiger partial charge in [0.1, 0.15) is 0 Å². The number of benzene rings is 2. The lowest BCUT2D eigenvalue weighted by Crippen LogP contribution is -2.40. The summed E-state index contributed by atoms with van der Waals surface area (Å²) >= 11 is 0. The van der Waals surface area contributed by atoms with Crippen LogP contribution in [0, 0.1) is 0 Å². The van der Waals surface area contributed by atoms with Gasteiger partial charge in [-0.2, -0.15) is 0 Å². The van der Waals surface area contributed by atoms with Crippen LogP contribution in [0.1, 0.15) is 33.1 Å². The van der Waals surface area contributed by atoms with Crippen molar-refractivity contribution in [3.8, 4) is 0 Å². The van der Waals surface area contributed by atoms with Crippen LogP contribution in [0.2, 0.25) is 0 Å². The van der Waals surface area contributed by atoms with Crippen molar-refractivity contribution in [2.45, 2.75) is 12.5 Å². The maximum absolute atomic E-state index is 13.1. The first kappa shape index (κ1) is 14.6. The highest BCUT2D eigenvalue weighted by Gasteiger charge is 2.32. The van der Waals surface area contributed by atoms with E-state index >= 15 is 0 Å². The molecule has 24 heavy (non-hydrogen) atoms. The molecule has 0 aliphatic carbocycles. The van der Waals surface area contributed by atoms with E-state index < -0.39 is 0 Å². The maximum atomic E-state index is 13.1. The predicted octanol–water partition coefficient (Wildman–Crippen LogP) is 3.87. The number of amides is 1. The zero-order chi connectivity index (χ0) is 16.4. The number of pyridine rings is 1. The molecule has 3 heteroatoms. The van der Waals surface area contributed by atoms with Crippen LogP contribution in [-0.4, -0.2) is 22.3 Å². The Morgan fingerprint density at radius 1 is 0.917 bits per heavy atom. The summed E-state index contributed by atoms with van der Waals surface area (Å²) in [7, 11) is 0. The number of nitrogens with zero attached hydrogens (tertiary/aromatic N) is 2. The van der Waals surface area contributed by atoms with E-state index in [-0.39, 0.29) is 11.9 Å². The molecular formula is C21H18N2O. The van der Waals surface area contributed by atoms with Gasteiger partial charge in [-0.1, -0.05) is 54.6 Å². The van der Waals surface area contributed by atoms with Crippen molar-refractivity contribution in [1.29, 1.82) is 0 Å². The Labute approximate surface area is 141 Å². The number of carbonyl (C=O) groups excluding carboxylic acids is 1. The lowest BCUT2D eigenvalue weighted by atomic mass is 9.88. The quantitative estimate of drug-likeness (QED) is 0.719. The molecule has 118 valence electrons. The third kappa shape index (κ3) is 2.58. The lowest BCUT2D eigenvalue weighted by molar-refractivity contribution is 0.0694. The second-order valence-electron chi connectivity index (χ2n) is 6.00. The second kappa shape index (κ2) is 6.28.